The van der Waals surface area contributed by atoms with Crippen molar-refractivity contribution in [2.45, 2.75) is 64.9 Å². The van der Waals surface area contributed by atoms with Gasteiger partial charge >= 0.3 is 0 Å². The van der Waals surface area contributed by atoms with Gasteiger partial charge in [0.05, 0.1) is 19.3 Å². The monoisotopic (exact) mass is 412 g/mol. The molecular formula is C25H36O3Si. The summed E-state index contributed by atoms with van der Waals surface area (Å²) in [7, 11) is -2.54. The van der Waals surface area contributed by atoms with Gasteiger partial charge in [0.2, 0.25) is 0 Å². The van der Waals surface area contributed by atoms with Gasteiger partial charge in [0.15, 0.2) is 5.79 Å². The standard InChI is InChI=1S/C25H36O3Si/c1-20-17-21(28-25(5,6)26-18-20)19-27-29(24(2,3)4,22-13-9-7-10-14-22)23-15-11-8-12-16-23/h7-16,20-21H,17-19H2,1-6H3/t20-,21+/m1/s1. The van der Waals surface area contributed by atoms with Crippen LogP contribution in [0.3, 0.4) is 0 Å². The Kier molecular flexibility index (Phi) is 6.69. The maximum atomic E-state index is 7.06. The van der Waals surface area contributed by atoms with Crippen molar-refractivity contribution < 1.29 is 13.9 Å². The van der Waals surface area contributed by atoms with E-state index < -0.39 is 14.1 Å². The van der Waals surface area contributed by atoms with Gasteiger partial charge in [0, 0.05) is 0 Å². The van der Waals surface area contributed by atoms with E-state index in [2.05, 4.69) is 88.4 Å². The van der Waals surface area contributed by atoms with Gasteiger partial charge in [-0.1, -0.05) is 88.4 Å². The molecule has 0 aromatic heterocycles. The third-order valence-corrected chi connectivity index (χ3v) is 10.7. The number of rotatable bonds is 5. The van der Waals surface area contributed by atoms with Gasteiger partial charge in [0.1, 0.15) is 0 Å². The van der Waals surface area contributed by atoms with E-state index in [1.54, 1.807) is 0 Å². The van der Waals surface area contributed by atoms with E-state index in [9.17, 15) is 0 Å². The summed E-state index contributed by atoms with van der Waals surface area (Å²) >= 11 is 0. The molecule has 158 valence electrons. The SMILES string of the molecule is C[C@H]1COC(C)(C)O[C@H](CO[Si](c2ccccc2)(c2ccccc2)C(C)(C)C)C1. The first-order chi connectivity index (χ1) is 13.6. The molecule has 0 unspecified atom stereocenters. The predicted molar refractivity (Wildman–Crippen MR) is 122 cm³/mol. The topological polar surface area (TPSA) is 27.7 Å². The average molecular weight is 413 g/mol. The largest absolute Gasteiger partial charge is 0.405 e. The fourth-order valence-electron chi connectivity index (χ4n) is 4.42. The highest BCUT2D eigenvalue weighted by Crippen LogP contribution is 2.37. The van der Waals surface area contributed by atoms with Crippen LogP contribution in [0.4, 0.5) is 0 Å². The van der Waals surface area contributed by atoms with Crippen molar-refractivity contribution in [2.75, 3.05) is 13.2 Å². The number of ether oxygens (including phenoxy) is 2. The van der Waals surface area contributed by atoms with Gasteiger partial charge < -0.3 is 13.9 Å². The van der Waals surface area contributed by atoms with E-state index in [4.69, 9.17) is 13.9 Å². The van der Waals surface area contributed by atoms with Crippen molar-refractivity contribution in [1.29, 1.82) is 0 Å². The molecule has 29 heavy (non-hydrogen) atoms. The van der Waals surface area contributed by atoms with Gasteiger partial charge in [-0.05, 0) is 41.6 Å². The highest BCUT2D eigenvalue weighted by atomic mass is 28.4. The Morgan fingerprint density at radius 1 is 0.966 bits per heavy atom. The normalized spacial score (nSPS) is 22.8. The third-order valence-electron chi connectivity index (χ3n) is 5.73. The van der Waals surface area contributed by atoms with E-state index in [0.717, 1.165) is 13.0 Å². The lowest BCUT2D eigenvalue weighted by molar-refractivity contribution is -0.227. The van der Waals surface area contributed by atoms with Crippen molar-refractivity contribution in [3.63, 3.8) is 0 Å². The van der Waals surface area contributed by atoms with Crippen LogP contribution in [-0.4, -0.2) is 33.4 Å². The summed E-state index contributed by atoms with van der Waals surface area (Å²) in [6.07, 6.45) is 0.964. The molecule has 1 saturated heterocycles. The van der Waals surface area contributed by atoms with E-state index in [1.165, 1.54) is 10.4 Å². The highest BCUT2D eigenvalue weighted by Gasteiger charge is 2.50. The minimum atomic E-state index is -2.54. The summed E-state index contributed by atoms with van der Waals surface area (Å²) in [5.41, 5.74) is 0. The van der Waals surface area contributed by atoms with Crippen molar-refractivity contribution in [3.8, 4) is 0 Å². The van der Waals surface area contributed by atoms with Gasteiger partial charge in [-0.2, -0.15) is 0 Å². The molecule has 0 amide bonds. The first-order valence-corrected chi connectivity index (χ1v) is 12.6. The van der Waals surface area contributed by atoms with Crippen LogP contribution < -0.4 is 10.4 Å². The third kappa shape index (κ3) is 5.00. The number of benzene rings is 2. The van der Waals surface area contributed by atoms with Crippen molar-refractivity contribution >= 4 is 18.7 Å². The molecule has 2 aromatic rings. The molecule has 0 spiro atoms. The molecule has 0 N–H and O–H groups in total. The number of hydrogen-bond donors (Lipinski definition) is 0. The fraction of sp³-hybridized carbons (Fsp3) is 0.520. The smallest absolute Gasteiger partial charge is 0.261 e. The zero-order valence-corrected chi connectivity index (χ0v) is 19.8. The summed E-state index contributed by atoms with van der Waals surface area (Å²) in [6, 6.07) is 21.6. The summed E-state index contributed by atoms with van der Waals surface area (Å²) in [6.45, 7) is 14.4. The Balaban J connectivity index is 2.00. The summed E-state index contributed by atoms with van der Waals surface area (Å²) in [5, 5.41) is 2.57. The second-order valence-corrected chi connectivity index (χ2v) is 14.1. The number of hydrogen-bond acceptors (Lipinski definition) is 3. The molecule has 1 heterocycles. The molecule has 0 aliphatic carbocycles. The molecule has 1 aliphatic rings. The van der Waals surface area contributed by atoms with Crippen LogP contribution in [0.5, 0.6) is 0 Å². The Bertz CT molecular complexity index is 728. The summed E-state index contributed by atoms with van der Waals surface area (Å²) in [4.78, 5) is 0. The van der Waals surface area contributed by atoms with Crippen LogP contribution in [0.15, 0.2) is 60.7 Å². The van der Waals surface area contributed by atoms with Crippen molar-refractivity contribution in [2.24, 2.45) is 5.92 Å². The minimum Gasteiger partial charge on any atom is -0.405 e. The van der Waals surface area contributed by atoms with E-state index >= 15 is 0 Å². The fourth-order valence-corrected chi connectivity index (χ4v) is 9.02. The maximum Gasteiger partial charge on any atom is 0.261 e. The molecule has 1 fully saturated rings. The van der Waals surface area contributed by atoms with E-state index in [0.29, 0.717) is 12.5 Å². The van der Waals surface area contributed by atoms with Gasteiger partial charge in [-0.15, -0.1) is 0 Å². The Morgan fingerprint density at radius 3 is 1.97 bits per heavy atom. The quantitative estimate of drug-likeness (QED) is 0.664. The predicted octanol–water partition coefficient (Wildman–Crippen LogP) is 4.74. The van der Waals surface area contributed by atoms with Crippen LogP contribution in [0.1, 0.15) is 48.0 Å². The molecule has 2 atom stereocenters. The van der Waals surface area contributed by atoms with Crippen molar-refractivity contribution in [3.05, 3.63) is 60.7 Å². The van der Waals surface area contributed by atoms with Crippen LogP contribution in [-0.2, 0) is 13.9 Å². The second-order valence-electron chi connectivity index (χ2n) is 9.77. The molecule has 3 rings (SSSR count). The van der Waals surface area contributed by atoms with Crippen LogP contribution in [0, 0.1) is 5.92 Å². The molecule has 0 bridgehead atoms. The zero-order valence-electron chi connectivity index (χ0n) is 18.8. The van der Waals surface area contributed by atoms with Crippen LogP contribution in [0.25, 0.3) is 0 Å². The molecule has 0 radical (unpaired) electrons. The maximum absolute atomic E-state index is 7.06. The minimum absolute atomic E-state index is 0.0177. The van der Waals surface area contributed by atoms with Gasteiger partial charge in [-0.3, -0.25) is 0 Å². The van der Waals surface area contributed by atoms with E-state index in [1.807, 2.05) is 13.8 Å². The first kappa shape index (κ1) is 22.2. The van der Waals surface area contributed by atoms with Gasteiger partial charge in [-0.25, -0.2) is 0 Å². The lowest BCUT2D eigenvalue weighted by atomic mass is 10.1. The van der Waals surface area contributed by atoms with Crippen molar-refractivity contribution in [1.82, 2.24) is 0 Å². The molecular weight excluding hydrogens is 376 g/mol. The summed E-state index contributed by atoms with van der Waals surface area (Å²) < 4.78 is 19.3. The Morgan fingerprint density at radius 2 is 1.48 bits per heavy atom. The molecule has 4 heteroatoms. The first-order valence-electron chi connectivity index (χ1n) is 10.7. The molecule has 0 saturated carbocycles. The molecule has 1 aliphatic heterocycles. The Labute approximate surface area is 177 Å². The second kappa shape index (κ2) is 8.72. The Hall–Kier alpha value is -1.46. The van der Waals surface area contributed by atoms with E-state index in [-0.39, 0.29) is 11.1 Å². The van der Waals surface area contributed by atoms with Crippen LogP contribution >= 0.6 is 0 Å². The lowest BCUT2D eigenvalue weighted by Crippen LogP contribution is -2.67. The zero-order chi connectivity index (χ0) is 21.1. The van der Waals surface area contributed by atoms with Gasteiger partial charge in [0.25, 0.3) is 8.32 Å². The van der Waals surface area contributed by atoms with Crippen LogP contribution in [0.2, 0.25) is 5.04 Å². The summed E-state index contributed by atoms with van der Waals surface area (Å²) in [5.74, 6) is -0.131. The molecule has 2 aromatic carbocycles. The lowest BCUT2D eigenvalue weighted by Gasteiger charge is -2.44. The molecule has 3 nitrogen and oxygen atoms in total. The highest BCUT2D eigenvalue weighted by molar-refractivity contribution is 6.99. The average Bonchev–Trinajstić information content (AvgIpc) is 2.80.